The molecule has 0 radical (unpaired) electrons. The fourth-order valence-corrected chi connectivity index (χ4v) is 1.88. The summed E-state index contributed by atoms with van der Waals surface area (Å²) in [6.07, 6.45) is 0. The van der Waals surface area contributed by atoms with Crippen LogP contribution in [0.15, 0.2) is 22.6 Å². The van der Waals surface area contributed by atoms with Gasteiger partial charge in [-0.25, -0.2) is 9.78 Å². The van der Waals surface area contributed by atoms with Gasteiger partial charge in [-0.2, -0.15) is 0 Å². The van der Waals surface area contributed by atoms with Gasteiger partial charge >= 0.3 is 5.97 Å². The van der Waals surface area contributed by atoms with E-state index in [0.717, 1.165) is 0 Å². The lowest BCUT2D eigenvalue weighted by molar-refractivity contribution is 0.0518. The first kappa shape index (κ1) is 14.9. The third kappa shape index (κ3) is 2.99. The Morgan fingerprint density at radius 3 is 2.57 bits per heavy atom. The largest absolute Gasteiger partial charge is 0.493 e. The molecule has 1 aromatic carbocycles. The van der Waals surface area contributed by atoms with E-state index in [1.54, 1.807) is 46.3 Å². The number of rotatable bonds is 5. The number of nitrogens with zero attached hydrogens (tertiary/aromatic N) is 1. The molecule has 0 saturated heterocycles. The number of methoxy groups -OCH3 is 2. The van der Waals surface area contributed by atoms with Gasteiger partial charge in [-0.15, -0.1) is 0 Å². The van der Waals surface area contributed by atoms with Gasteiger partial charge in [0, 0.05) is 5.56 Å². The van der Waals surface area contributed by atoms with Crippen LogP contribution >= 0.6 is 0 Å². The monoisotopic (exact) mass is 291 g/mol. The minimum absolute atomic E-state index is 0.182. The summed E-state index contributed by atoms with van der Waals surface area (Å²) in [6.45, 7) is 3.70. The number of carbonyl (C=O) groups is 1. The van der Waals surface area contributed by atoms with Crippen molar-refractivity contribution in [1.82, 2.24) is 4.98 Å². The summed E-state index contributed by atoms with van der Waals surface area (Å²) in [5.74, 6) is 1.42. The van der Waals surface area contributed by atoms with Gasteiger partial charge in [0.15, 0.2) is 17.2 Å². The molecule has 0 amide bonds. The van der Waals surface area contributed by atoms with Crippen LogP contribution in [0.1, 0.15) is 23.2 Å². The molecule has 0 N–H and O–H groups in total. The summed E-state index contributed by atoms with van der Waals surface area (Å²) in [5, 5.41) is 0. The summed E-state index contributed by atoms with van der Waals surface area (Å²) < 4.78 is 20.9. The zero-order chi connectivity index (χ0) is 15.4. The Bertz CT molecular complexity index is 648. The van der Waals surface area contributed by atoms with Crippen LogP contribution in [-0.2, 0) is 4.74 Å². The van der Waals surface area contributed by atoms with E-state index in [4.69, 9.17) is 18.6 Å². The standard InChI is InChI=1S/C15H17NO5/c1-5-20-15(17)13-9(2)21-14(16-13)10-6-7-11(18-3)12(8-10)19-4/h6-8H,5H2,1-4H3. The van der Waals surface area contributed by atoms with Crippen molar-refractivity contribution in [2.45, 2.75) is 13.8 Å². The molecule has 0 atom stereocenters. The molecular formula is C15H17NO5. The normalized spacial score (nSPS) is 10.3. The second-order valence-electron chi connectivity index (χ2n) is 4.21. The highest BCUT2D eigenvalue weighted by Gasteiger charge is 2.19. The number of aryl methyl sites for hydroxylation is 1. The van der Waals surface area contributed by atoms with Crippen LogP contribution in [-0.4, -0.2) is 31.8 Å². The van der Waals surface area contributed by atoms with Gasteiger partial charge in [0.1, 0.15) is 5.76 Å². The first-order chi connectivity index (χ1) is 10.1. The number of aromatic nitrogens is 1. The van der Waals surface area contributed by atoms with E-state index in [-0.39, 0.29) is 12.3 Å². The second kappa shape index (κ2) is 6.30. The van der Waals surface area contributed by atoms with Gasteiger partial charge in [-0.1, -0.05) is 0 Å². The predicted octanol–water partition coefficient (Wildman–Crippen LogP) is 2.84. The average Bonchev–Trinajstić information content (AvgIpc) is 2.88. The van der Waals surface area contributed by atoms with Crippen LogP contribution in [0.3, 0.4) is 0 Å². The highest BCUT2D eigenvalue weighted by Crippen LogP contribution is 2.32. The van der Waals surface area contributed by atoms with E-state index < -0.39 is 5.97 Å². The van der Waals surface area contributed by atoms with Gasteiger partial charge in [0.25, 0.3) is 0 Å². The molecule has 0 fully saturated rings. The van der Waals surface area contributed by atoms with Gasteiger partial charge < -0.3 is 18.6 Å². The van der Waals surface area contributed by atoms with E-state index in [2.05, 4.69) is 4.98 Å². The van der Waals surface area contributed by atoms with Crippen LogP contribution < -0.4 is 9.47 Å². The van der Waals surface area contributed by atoms with Crippen molar-refractivity contribution in [2.24, 2.45) is 0 Å². The summed E-state index contributed by atoms with van der Waals surface area (Å²) in [7, 11) is 3.11. The zero-order valence-corrected chi connectivity index (χ0v) is 12.4. The molecule has 2 aromatic rings. The summed E-state index contributed by atoms with van der Waals surface area (Å²) in [6, 6.07) is 5.26. The van der Waals surface area contributed by atoms with Crippen LogP contribution in [0, 0.1) is 6.92 Å². The molecule has 1 heterocycles. The van der Waals surface area contributed by atoms with E-state index in [1.807, 2.05) is 0 Å². The molecule has 0 unspecified atom stereocenters. The molecule has 0 aliphatic rings. The maximum Gasteiger partial charge on any atom is 0.360 e. The number of hydrogen-bond donors (Lipinski definition) is 0. The van der Waals surface area contributed by atoms with Crippen molar-refractivity contribution >= 4 is 5.97 Å². The van der Waals surface area contributed by atoms with Gasteiger partial charge in [0.05, 0.1) is 20.8 Å². The third-order valence-corrected chi connectivity index (χ3v) is 2.90. The maximum atomic E-state index is 11.7. The lowest BCUT2D eigenvalue weighted by atomic mass is 10.2. The molecule has 21 heavy (non-hydrogen) atoms. The third-order valence-electron chi connectivity index (χ3n) is 2.90. The summed E-state index contributed by atoms with van der Waals surface area (Å²) in [5.41, 5.74) is 0.868. The number of carbonyl (C=O) groups excluding carboxylic acids is 1. The Morgan fingerprint density at radius 2 is 1.95 bits per heavy atom. The molecule has 6 nitrogen and oxygen atoms in total. The maximum absolute atomic E-state index is 11.7. The number of oxazole rings is 1. The van der Waals surface area contributed by atoms with Crippen LogP contribution in [0.25, 0.3) is 11.5 Å². The topological polar surface area (TPSA) is 70.8 Å². The number of benzene rings is 1. The summed E-state index contributed by atoms with van der Waals surface area (Å²) >= 11 is 0. The minimum Gasteiger partial charge on any atom is -0.493 e. The number of ether oxygens (including phenoxy) is 3. The highest BCUT2D eigenvalue weighted by molar-refractivity contribution is 5.88. The molecule has 1 aromatic heterocycles. The van der Waals surface area contributed by atoms with Crippen molar-refractivity contribution in [3.63, 3.8) is 0 Å². The van der Waals surface area contributed by atoms with Crippen LogP contribution in [0.2, 0.25) is 0 Å². The predicted molar refractivity (Wildman–Crippen MR) is 75.7 cm³/mol. The Labute approximate surface area is 122 Å². The Kier molecular flexibility index (Phi) is 4.47. The van der Waals surface area contributed by atoms with E-state index >= 15 is 0 Å². The Morgan fingerprint density at radius 1 is 1.24 bits per heavy atom. The van der Waals surface area contributed by atoms with Crippen LogP contribution in [0.4, 0.5) is 0 Å². The van der Waals surface area contributed by atoms with E-state index in [1.165, 1.54) is 0 Å². The molecule has 0 aliphatic carbocycles. The lowest BCUT2D eigenvalue weighted by Gasteiger charge is -2.07. The Hall–Kier alpha value is -2.50. The van der Waals surface area contributed by atoms with Crippen LogP contribution in [0.5, 0.6) is 11.5 Å². The van der Waals surface area contributed by atoms with Crippen molar-refractivity contribution in [3.8, 4) is 23.0 Å². The molecule has 0 spiro atoms. The second-order valence-corrected chi connectivity index (χ2v) is 4.21. The molecule has 0 saturated carbocycles. The van der Waals surface area contributed by atoms with Crippen molar-refractivity contribution in [2.75, 3.05) is 20.8 Å². The van der Waals surface area contributed by atoms with Gasteiger partial charge in [-0.05, 0) is 32.0 Å². The summed E-state index contributed by atoms with van der Waals surface area (Å²) in [4.78, 5) is 15.9. The fourth-order valence-electron chi connectivity index (χ4n) is 1.88. The molecule has 6 heteroatoms. The van der Waals surface area contributed by atoms with Crippen molar-refractivity contribution in [1.29, 1.82) is 0 Å². The van der Waals surface area contributed by atoms with Crippen molar-refractivity contribution in [3.05, 3.63) is 29.7 Å². The molecule has 0 bridgehead atoms. The van der Waals surface area contributed by atoms with Crippen molar-refractivity contribution < 1.29 is 23.4 Å². The molecule has 112 valence electrons. The van der Waals surface area contributed by atoms with E-state index in [0.29, 0.717) is 28.7 Å². The molecular weight excluding hydrogens is 274 g/mol. The zero-order valence-electron chi connectivity index (χ0n) is 12.4. The fraction of sp³-hybridized carbons (Fsp3) is 0.333. The van der Waals surface area contributed by atoms with E-state index in [9.17, 15) is 4.79 Å². The Balaban J connectivity index is 2.39. The highest BCUT2D eigenvalue weighted by atomic mass is 16.5. The number of esters is 1. The first-order valence-electron chi connectivity index (χ1n) is 6.47. The number of hydrogen-bond acceptors (Lipinski definition) is 6. The first-order valence-corrected chi connectivity index (χ1v) is 6.47. The molecule has 2 rings (SSSR count). The van der Waals surface area contributed by atoms with Gasteiger partial charge in [0.2, 0.25) is 5.89 Å². The minimum atomic E-state index is -0.495. The smallest absolute Gasteiger partial charge is 0.360 e. The molecule has 0 aliphatic heterocycles. The van der Waals surface area contributed by atoms with Gasteiger partial charge in [-0.3, -0.25) is 0 Å². The quantitative estimate of drug-likeness (QED) is 0.789. The lowest BCUT2D eigenvalue weighted by Crippen LogP contribution is -2.06. The average molecular weight is 291 g/mol. The SMILES string of the molecule is CCOC(=O)c1nc(-c2ccc(OC)c(OC)c2)oc1C.